The third-order valence-electron chi connectivity index (χ3n) is 3.59. The summed E-state index contributed by atoms with van der Waals surface area (Å²) in [6, 6.07) is 16.0. The number of thiophene rings is 1. The van der Waals surface area contributed by atoms with Crippen molar-refractivity contribution in [2.24, 2.45) is 0 Å². The molecule has 0 aliphatic carbocycles. The Morgan fingerprint density at radius 3 is 2.74 bits per heavy atom. The maximum Gasteiger partial charge on any atom is 0.265 e. The molecule has 4 heteroatoms. The molecule has 0 bridgehead atoms. The zero-order valence-electron chi connectivity index (χ0n) is 13.1. The number of rotatable bonds is 4. The van der Waals surface area contributed by atoms with Gasteiger partial charge in [0.05, 0.1) is 16.8 Å². The third kappa shape index (κ3) is 3.66. The number of carbonyl (C=O) groups excluding carboxylic acids is 1. The van der Waals surface area contributed by atoms with E-state index in [2.05, 4.69) is 48.4 Å². The fourth-order valence-corrected chi connectivity index (χ4v) is 3.19. The van der Waals surface area contributed by atoms with Crippen molar-refractivity contribution in [2.75, 3.05) is 5.32 Å². The molecule has 3 nitrogen and oxygen atoms in total. The lowest BCUT2D eigenvalue weighted by Crippen LogP contribution is -2.09. The van der Waals surface area contributed by atoms with E-state index in [-0.39, 0.29) is 5.91 Å². The molecule has 0 fully saturated rings. The molecule has 0 radical (unpaired) electrons. The molecule has 0 spiro atoms. The summed E-state index contributed by atoms with van der Waals surface area (Å²) >= 11 is 1.50. The number of benzene rings is 1. The van der Waals surface area contributed by atoms with Gasteiger partial charge in [-0.3, -0.25) is 9.78 Å². The number of carbonyl (C=O) groups is 1. The molecule has 116 valence electrons. The van der Waals surface area contributed by atoms with Crippen LogP contribution in [0.3, 0.4) is 0 Å². The number of pyridine rings is 1. The number of hydrogen-bond acceptors (Lipinski definition) is 3. The van der Waals surface area contributed by atoms with Crippen molar-refractivity contribution in [1.82, 2.24) is 4.98 Å². The minimum Gasteiger partial charge on any atom is -0.320 e. The number of hydrogen-bond donors (Lipinski definition) is 1. The number of nitrogens with zero attached hydrogens (tertiary/aromatic N) is 1. The molecule has 1 amide bonds. The number of amides is 1. The van der Waals surface area contributed by atoms with Crippen LogP contribution in [0.5, 0.6) is 0 Å². The first kappa shape index (κ1) is 15.4. The fourth-order valence-electron chi connectivity index (χ4n) is 2.30. The van der Waals surface area contributed by atoms with E-state index in [0.717, 1.165) is 10.4 Å². The summed E-state index contributed by atoms with van der Waals surface area (Å²) in [7, 11) is 0. The van der Waals surface area contributed by atoms with Gasteiger partial charge in [0.1, 0.15) is 0 Å². The quantitative estimate of drug-likeness (QED) is 0.718. The van der Waals surface area contributed by atoms with Crippen LogP contribution in [-0.2, 0) is 0 Å². The van der Waals surface area contributed by atoms with Gasteiger partial charge in [0.15, 0.2) is 0 Å². The van der Waals surface area contributed by atoms with Crippen LogP contribution in [0.25, 0.3) is 10.4 Å². The highest BCUT2D eigenvalue weighted by atomic mass is 32.1. The minimum absolute atomic E-state index is 0.103. The van der Waals surface area contributed by atoms with Crippen LogP contribution in [0.4, 0.5) is 5.69 Å². The smallest absolute Gasteiger partial charge is 0.265 e. The number of anilines is 1. The van der Waals surface area contributed by atoms with Crippen LogP contribution in [0.2, 0.25) is 0 Å². The lowest BCUT2D eigenvalue weighted by molar-refractivity contribution is 0.103. The highest BCUT2D eigenvalue weighted by Crippen LogP contribution is 2.30. The average Bonchev–Trinajstić information content (AvgIpc) is 3.06. The first-order valence-electron chi connectivity index (χ1n) is 7.55. The lowest BCUT2D eigenvalue weighted by atomic mass is 10.0. The van der Waals surface area contributed by atoms with E-state index in [4.69, 9.17) is 0 Å². The molecule has 1 N–H and O–H groups in total. The molecule has 0 unspecified atom stereocenters. The first-order chi connectivity index (χ1) is 11.1. The highest BCUT2D eigenvalue weighted by Gasteiger charge is 2.11. The Labute approximate surface area is 140 Å². The zero-order valence-corrected chi connectivity index (χ0v) is 13.9. The highest BCUT2D eigenvalue weighted by molar-refractivity contribution is 7.17. The molecule has 3 rings (SSSR count). The number of nitrogens with one attached hydrogen (secondary N) is 1. The fraction of sp³-hybridized carbons (Fsp3) is 0.158. The van der Waals surface area contributed by atoms with Gasteiger partial charge in [-0.2, -0.15) is 0 Å². The third-order valence-corrected chi connectivity index (χ3v) is 4.72. The summed E-state index contributed by atoms with van der Waals surface area (Å²) in [5, 5.41) is 2.86. The Bertz CT molecular complexity index is 809. The summed E-state index contributed by atoms with van der Waals surface area (Å²) in [5.41, 5.74) is 3.16. The molecule has 0 aliphatic rings. The molecule has 23 heavy (non-hydrogen) atoms. The van der Waals surface area contributed by atoms with Gasteiger partial charge in [-0.25, -0.2) is 0 Å². The van der Waals surface area contributed by atoms with Gasteiger partial charge in [-0.15, -0.1) is 11.3 Å². The van der Waals surface area contributed by atoms with Crippen molar-refractivity contribution in [2.45, 2.75) is 19.8 Å². The summed E-state index contributed by atoms with van der Waals surface area (Å²) in [5.74, 6) is 0.387. The van der Waals surface area contributed by atoms with Crippen molar-refractivity contribution in [3.05, 3.63) is 71.4 Å². The predicted octanol–water partition coefficient (Wildman–Crippen LogP) is 5.19. The Hall–Kier alpha value is -2.46. The van der Waals surface area contributed by atoms with Crippen LogP contribution in [0, 0.1) is 0 Å². The molecule has 1 aromatic carbocycles. The lowest BCUT2D eigenvalue weighted by Gasteiger charge is -2.06. The molecule has 3 aromatic rings. The van der Waals surface area contributed by atoms with Crippen molar-refractivity contribution in [3.8, 4) is 10.4 Å². The molecule has 2 heterocycles. The van der Waals surface area contributed by atoms with Gasteiger partial charge in [-0.1, -0.05) is 38.1 Å². The molecule has 0 atom stereocenters. The van der Waals surface area contributed by atoms with Crippen molar-refractivity contribution < 1.29 is 4.79 Å². The van der Waals surface area contributed by atoms with E-state index in [1.165, 1.54) is 16.9 Å². The zero-order chi connectivity index (χ0) is 16.2. The van der Waals surface area contributed by atoms with E-state index in [0.29, 0.717) is 16.5 Å². The van der Waals surface area contributed by atoms with Crippen molar-refractivity contribution in [3.63, 3.8) is 0 Å². The molecule has 0 saturated heterocycles. The summed E-state index contributed by atoms with van der Waals surface area (Å²) < 4.78 is 0. The van der Waals surface area contributed by atoms with E-state index >= 15 is 0 Å². The second kappa shape index (κ2) is 6.75. The molecule has 2 aromatic heterocycles. The van der Waals surface area contributed by atoms with E-state index < -0.39 is 0 Å². The van der Waals surface area contributed by atoms with Crippen LogP contribution >= 0.6 is 11.3 Å². The Kier molecular flexibility index (Phi) is 4.53. The van der Waals surface area contributed by atoms with Crippen LogP contribution in [0.1, 0.15) is 35.0 Å². The largest absolute Gasteiger partial charge is 0.320 e. The Morgan fingerprint density at radius 1 is 1.13 bits per heavy atom. The topological polar surface area (TPSA) is 42.0 Å². The standard InChI is InChI=1S/C19H18N2OS/c1-13(2)14-5-3-6-15(11-14)17-8-9-18(23-17)19(22)21-16-7-4-10-20-12-16/h3-13H,1-2H3,(H,21,22). The molecular weight excluding hydrogens is 304 g/mol. The summed E-state index contributed by atoms with van der Waals surface area (Å²) in [6.45, 7) is 4.36. The van der Waals surface area contributed by atoms with Gasteiger partial charge in [0, 0.05) is 11.1 Å². The van der Waals surface area contributed by atoms with Gasteiger partial charge in [-0.05, 0) is 41.3 Å². The maximum absolute atomic E-state index is 12.3. The van der Waals surface area contributed by atoms with Crippen LogP contribution in [0.15, 0.2) is 60.9 Å². The van der Waals surface area contributed by atoms with Crippen LogP contribution in [-0.4, -0.2) is 10.9 Å². The van der Waals surface area contributed by atoms with Crippen molar-refractivity contribution in [1.29, 1.82) is 0 Å². The van der Waals surface area contributed by atoms with E-state index in [1.807, 2.05) is 18.2 Å². The Morgan fingerprint density at radius 2 is 2.00 bits per heavy atom. The predicted molar refractivity (Wildman–Crippen MR) is 96.0 cm³/mol. The van der Waals surface area contributed by atoms with Crippen LogP contribution < -0.4 is 5.32 Å². The maximum atomic E-state index is 12.3. The van der Waals surface area contributed by atoms with Gasteiger partial charge in [0.25, 0.3) is 5.91 Å². The normalized spacial score (nSPS) is 10.7. The van der Waals surface area contributed by atoms with Gasteiger partial charge in [0.2, 0.25) is 0 Å². The summed E-state index contributed by atoms with van der Waals surface area (Å²) in [4.78, 5) is 18.1. The first-order valence-corrected chi connectivity index (χ1v) is 8.36. The number of aromatic nitrogens is 1. The summed E-state index contributed by atoms with van der Waals surface area (Å²) in [6.07, 6.45) is 3.32. The van der Waals surface area contributed by atoms with E-state index in [9.17, 15) is 4.79 Å². The van der Waals surface area contributed by atoms with Gasteiger partial charge >= 0.3 is 0 Å². The molecule has 0 aliphatic heterocycles. The Balaban J connectivity index is 1.80. The second-order valence-corrected chi connectivity index (χ2v) is 6.72. The second-order valence-electron chi connectivity index (χ2n) is 5.64. The van der Waals surface area contributed by atoms with Crippen molar-refractivity contribution >= 4 is 22.9 Å². The molecule has 0 saturated carbocycles. The molecular formula is C19H18N2OS. The monoisotopic (exact) mass is 322 g/mol. The minimum atomic E-state index is -0.103. The SMILES string of the molecule is CC(C)c1cccc(-c2ccc(C(=O)Nc3cccnc3)s2)c1. The average molecular weight is 322 g/mol. The van der Waals surface area contributed by atoms with Gasteiger partial charge < -0.3 is 5.32 Å². The van der Waals surface area contributed by atoms with E-state index in [1.54, 1.807) is 18.5 Å².